The molecule has 1 unspecified atom stereocenters. The molecule has 4 fully saturated rings. The van der Waals surface area contributed by atoms with E-state index in [9.17, 15) is 5.11 Å². The van der Waals surface area contributed by atoms with Gasteiger partial charge in [-0.25, -0.2) is 0 Å². The van der Waals surface area contributed by atoms with Crippen LogP contribution >= 0.6 is 0 Å². The summed E-state index contributed by atoms with van der Waals surface area (Å²) in [6.07, 6.45) is 9.76. The number of benzene rings is 2. The van der Waals surface area contributed by atoms with Gasteiger partial charge in [0.1, 0.15) is 24.0 Å². The molecule has 1 N–H and O–H groups in total. The molecule has 5 heteroatoms. The second kappa shape index (κ2) is 12.2. The second-order valence-corrected chi connectivity index (χ2v) is 11.0. The number of halogens is 1. The van der Waals surface area contributed by atoms with Crippen molar-refractivity contribution < 1.29 is 36.0 Å². The summed E-state index contributed by atoms with van der Waals surface area (Å²) in [5, 5.41) is 12.0. The van der Waals surface area contributed by atoms with Crippen LogP contribution in [-0.4, -0.2) is 55.1 Å². The first kappa shape index (κ1) is 26.7. The topological polar surface area (TPSA) is 38.7 Å². The summed E-state index contributed by atoms with van der Waals surface area (Å²) in [4.78, 5) is 0. The van der Waals surface area contributed by atoms with E-state index in [1.165, 1.54) is 45.2 Å². The number of hydrogen-bond acceptors (Lipinski definition) is 3. The molecule has 3 aliphatic heterocycles. The van der Waals surface area contributed by atoms with Gasteiger partial charge < -0.3 is 36.0 Å². The van der Waals surface area contributed by atoms with Crippen molar-refractivity contribution in [2.24, 2.45) is 11.8 Å². The highest BCUT2D eigenvalue weighted by atomic mass is 79.9. The number of para-hydroxylation sites is 1. The molecule has 2 aromatic carbocycles. The molecule has 3 heterocycles. The molecular weight excluding hydrogens is 502 g/mol. The van der Waals surface area contributed by atoms with Crippen molar-refractivity contribution in [3.8, 4) is 5.75 Å². The van der Waals surface area contributed by atoms with Gasteiger partial charge >= 0.3 is 0 Å². The van der Waals surface area contributed by atoms with Crippen LogP contribution in [0.1, 0.15) is 56.9 Å². The Morgan fingerprint density at radius 3 is 2.20 bits per heavy atom. The number of quaternary nitrogens is 1. The van der Waals surface area contributed by atoms with Crippen LogP contribution in [0.25, 0.3) is 0 Å². The minimum atomic E-state index is -0.873. The van der Waals surface area contributed by atoms with Gasteiger partial charge in [-0.2, -0.15) is 0 Å². The van der Waals surface area contributed by atoms with Gasteiger partial charge in [0.25, 0.3) is 0 Å². The van der Waals surface area contributed by atoms with E-state index in [0.717, 1.165) is 54.8 Å². The maximum absolute atomic E-state index is 12.0. The molecule has 0 spiro atoms. The zero-order valence-corrected chi connectivity index (χ0v) is 22.6. The highest BCUT2D eigenvalue weighted by Gasteiger charge is 2.48. The van der Waals surface area contributed by atoms with E-state index in [0.29, 0.717) is 18.4 Å². The molecule has 2 bridgehead atoms. The maximum atomic E-state index is 12.0. The molecule has 6 rings (SSSR count). The third-order valence-electron chi connectivity index (χ3n) is 8.90. The fraction of sp³-hybridized carbons (Fsp3) is 0.600. The molecule has 1 aliphatic carbocycles. The summed E-state index contributed by atoms with van der Waals surface area (Å²) in [6.45, 7) is 5.98. The first-order chi connectivity index (χ1) is 16.7. The summed E-state index contributed by atoms with van der Waals surface area (Å²) in [6, 6.07) is 20.5. The zero-order valence-electron chi connectivity index (χ0n) is 21.0. The van der Waals surface area contributed by atoms with Crippen molar-refractivity contribution in [3.63, 3.8) is 0 Å². The van der Waals surface area contributed by atoms with E-state index in [1.807, 2.05) is 36.4 Å². The Labute approximate surface area is 222 Å². The van der Waals surface area contributed by atoms with Crippen LogP contribution in [0.2, 0.25) is 0 Å². The van der Waals surface area contributed by atoms with E-state index in [2.05, 4.69) is 24.3 Å². The zero-order chi connectivity index (χ0) is 23.3. The highest BCUT2D eigenvalue weighted by molar-refractivity contribution is 5.24. The molecule has 4 nitrogen and oxygen atoms in total. The number of hydrogen-bond donors (Lipinski definition) is 1. The molecular formula is C30H42BrNO3. The molecule has 3 saturated heterocycles. The minimum Gasteiger partial charge on any atom is -1.00 e. The van der Waals surface area contributed by atoms with Gasteiger partial charge in [0.15, 0.2) is 0 Å². The quantitative estimate of drug-likeness (QED) is 0.369. The molecule has 192 valence electrons. The standard InChI is InChI=1S/C30H42NO3.BrH/c32-30(26-11-4-1-5-12-26,27-13-6-2-7-14-27)24-34-29-23-31(20-17-25(29)18-21-31)19-10-22-33-28-15-8-3-9-16-28;/h1,3-5,8-9,11-12,15-16,25,27,29,32H,2,6-7,10,13-14,17-24H2;1H/q+1;/p-1/t25?,29?,30-,31?;/m1./s1. The lowest BCUT2D eigenvalue weighted by Crippen LogP contribution is -3.00. The van der Waals surface area contributed by atoms with Crippen molar-refractivity contribution in [3.05, 3.63) is 66.2 Å². The van der Waals surface area contributed by atoms with Crippen LogP contribution in [0, 0.1) is 11.8 Å². The van der Waals surface area contributed by atoms with E-state index >= 15 is 0 Å². The normalized spacial score (nSPS) is 28.1. The van der Waals surface area contributed by atoms with E-state index in [-0.39, 0.29) is 23.1 Å². The Morgan fingerprint density at radius 2 is 1.51 bits per heavy atom. The summed E-state index contributed by atoms with van der Waals surface area (Å²) in [5.74, 6) is 1.90. The Balaban J connectivity index is 0.00000289. The smallest absolute Gasteiger partial charge is 0.119 e. The van der Waals surface area contributed by atoms with Crippen LogP contribution < -0.4 is 21.7 Å². The molecule has 0 aromatic heterocycles. The first-order valence-electron chi connectivity index (χ1n) is 13.6. The largest absolute Gasteiger partial charge is 1.00 e. The number of fused-ring (bicyclic) bond motifs is 3. The van der Waals surface area contributed by atoms with Crippen LogP contribution in [0.5, 0.6) is 5.75 Å². The number of aliphatic hydroxyl groups is 1. The van der Waals surface area contributed by atoms with Crippen LogP contribution in [0.4, 0.5) is 0 Å². The third kappa shape index (κ3) is 6.30. The lowest BCUT2D eigenvalue weighted by molar-refractivity contribution is -0.946. The molecule has 0 amide bonds. The molecule has 2 aromatic rings. The molecule has 4 aliphatic rings. The predicted molar refractivity (Wildman–Crippen MR) is 136 cm³/mol. The van der Waals surface area contributed by atoms with Gasteiger partial charge in [0.2, 0.25) is 0 Å². The Kier molecular flexibility index (Phi) is 9.31. The van der Waals surface area contributed by atoms with Gasteiger partial charge in [0, 0.05) is 25.2 Å². The molecule has 2 atom stereocenters. The number of ether oxygens (including phenoxy) is 2. The molecule has 35 heavy (non-hydrogen) atoms. The predicted octanol–water partition coefficient (Wildman–Crippen LogP) is 2.55. The SMILES string of the molecule is O[C@](COC1C[N+]2(CCCOc3ccccc3)CCC1CC2)(c1ccccc1)C1CCCCC1.[Br-]. The monoisotopic (exact) mass is 543 g/mol. The Bertz CT molecular complexity index is 881. The van der Waals surface area contributed by atoms with Crippen LogP contribution in [0.3, 0.4) is 0 Å². The van der Waals surface area contributed by atoms with Crippen molar-refractivity contribution in [2.45, 2.75) is 63.1 Å². The lowest BCUT2D eigenvalue weighted by Gasteiger charge is -2.53. The van der Waals surface area contributed by atoms with Gasteiger partial charge in [-0.1, -0.05) is 67.8 Å². The van der Waals surface area contributed by atoms with E-state index in [4.69, 9.17) is 9.47 Å². The van der Waals surface area contributed by atoms with Crippen molar-refractivity contribution in [1.82, 2.24) is 0 Å². The Hall–Kier alpha value is -1.40. The number of piperidine rings is 3. The average molecular weight is 545 g/mol. The van der Waals surface area contributed by atoms with E-state index < -0.39 is 5.60 Å². The fourth-order valence-corrected chi connectivity index (χ4v) is 6.81. The Morgan fingerprint density at radius 1 is 0.857 bits per heavy atom. The minimum absolute atomic E-state index is 0. The van der Waals surface area contributed by atoms with Crippen LogP contribution in [-0.2, 0) is 10.3 Å². The first-order valence-corrected chi connectivity index (χ1v) is 13.6. The third-order valence-corrected chi connectivity index (χ3v) is 8.90. The maximum Gasteiger partial charge on any atom is 0.119 e. The van der Waals surface area contributed by atoms with Gasteiger partial charge in [0.05, 0.1) is 32.8 Å². The molecule has 0 radical (unpaired) electrons. The van der Waals surface area contributed by atoms with Gasteiger partial charge in [-0.15, -0.1) is 0 Å². The van der Waals surface area contributed by atoms with E-state index in [1.54, 1.807) is 0 Å². The van der Waals surface area contributed by atoms with Gasteiger partial charge in [-0.05, 0) is 36.5 Å². The highest BCUT2D eigenvalue weighted by Crippen LogP contribution is 2.42. The second-order valence-electron chi connectivity index (χ2n) is 11.0. The van der Waals surface area contributed by atoms with Crippen molar-refractivity contribution in [1.29, 1.82) is 0 Å². The summed E-state index contributed by atoms with van der Waals surface area (Å²) >= 11 is 0. The fourth-order valence-electron chi connectivity index (χ4n) is 6.81. The lowest BCUT2D eigenvalue weighted by atomic mass is 9.73. The number of nitrogens with zero attached hydrogens (tertiary/aromatic N) is 1. The van der Waals surface area contributed by atoms with Crippen molar-refractivity contribution in [2.75, 3.05) is 39.4 Å². The molecule has 1 saturated carbocycles. The average Bonchev–Trinajstić information content (AvgIpc) is 2.92. The van der Waals surface area contributed by atoms with Crippen LogP contribution in [0.15, 0.2) is 60.7 Å². The van der Waals surface area contributed by atoms with Gasteiger partial charge in [-0.3, -0.25) is 0 Å². The number of rotatable bonds is 10. The summed E-state index contributed by atoms with van der Waals surface area (Å²) in [5.41, 5.74) is 0.160. The summed E-state index contributed by atoms with van der Waals surface area (Å²) in [7, 11) is 0. The van der Waals surface area contributed by atoms with Crippen molar-refractivity contribution >= 4 is 0 Å². The summed E-state index contributed by atoms with van der Waals surface area (Å²) < 4.78 is 13.8.